The van der Waals surface area contributed by atoms with E-state index in [1.54, 1.807) is 4.68 Å². The summed E-state index contributed by atoms with van der Waals surface area (Å²) in [7, 11) is 1.90. The van der Waals surface area contributed by atoms with Crippen LogP contribution in [0.1, 0.15) is 5.69 Å². The predicted octanol–water partition coefficient (Wildman–Crippen LogP) is 3.60. The van der Waals surface area contributed by atoms with E-state index in [9.17, 15) is 0 Å². The molecule has 2 heterocycles. The summed E-state index contributed by atoms with van der Waals surface area (Å²) >= 11 is 6.30. The van der Waals surface area contributed by atoms with Crippen molar-refractivity contribution in [3.63, 3.8) is 0 Å². The third-order valence-corrected chi connectivity index (χ3v) is 3.27. The van der Waals surface area contributed by atoms with E-state index in [-0.39, 0.29) is 0 Å². The van der Waals surface area contributed by atoms with Gasteiger partial charge in [-0.1, -0.05) is 29.8 Å². The van der Waals surface area contributed by atoms with Crippen LogP contribution in [0.15, 0.2) is 36.5 Å². The highest BCUT2D eigenvalue weighted by atomic mass is 35.5. The normalized spacial score (nSPS) is 11.1. The lowest BCUT2D eigenvalue weighted by Crippen LogP contribution is -1.87. The number of hydrogen-bond donors (Lipinski definition) is 0. The van der Waals surface area contributed by atoms with Gasteiger partial charge in [-0.2, -0.15) is 5.10 Å². The standard InChI is InChI=1S/C14H12ClN3/c1-9-11(8-18(2)17-9)14-7-12(15)10-5-3-4-6-13(10)16-14/h3-8H,1-2H3. The van der Waals surface area contributed by atoms with Gasteiger partial charge in [-0.3, -0.25) is 4.68 Å². The fourth-order valence-electron chi connectivity index (χ4n) is 2.12. The first-order valence-electron chi connectivity index (χ1n) is 5.71. The summed E-state index contributed by atoms with van der Waals surface area (Å²) in [4.78, 5) is 4.64. The highest BCUT2D eigenvalue weighted by molar-refractivity contribution is 6.35. The largest absolute Gasteiger partial charge is 0.275 e. The maximum absolute atomic E-state index is 6.30. The summed E-state index contributed by atoms with van der Waals surface area (Å²) in [6.07, 6.45) is 1.96. The average Bonchev–Trinajstić information content (AvgIpc) is 2.68. The quantitative estimate of drug-likeness (QED) is 0.667. The molecule has 1 aromatic carbocycles. The van der Waals surface area contributed by atoms with Crippen molar-refractivity contribution in [3.8, 4) is 11.3 Å². The molecule has 0 saturated heterocycles. The van der Waals surface area contributed by atoms with Crippen LogP contribution in [-0.4, -0.2) is 14.8 Å². The van der Waals surface area contributed by atoms with E-state index >= 15 is 0 Å². The molecule has 0 aliphatic rings. The first-order chi connectivity index (χ1) is 8.65. The second kappa shape index (κ2) is 4.10. The lowest BCUT2D eigenvalue weighted by atomic mass is 10.1. The molecule has 3 aromatic rings. The number of pyridine rings is 1. The van der Waals surface area contributed by atoms with Crippen molar-refractivity contribution in [2.45, 2.75) is 6.92 Å². The smallest absolute Gasteiger partial charge is 0.0758 e. The van der Waals surface area contributed by atoms with E-state index < -0.39 is 0 Å². The van der Waals surface area contributed by atoms with E-state index in [0.717, 1.165) is 32.9 Å². The first-order valence-corrected chi connectivity index (χ1v) is 6.09. The van der Waals surface area contributed by atoms with E-state index in [0.29, 0.717) is 0 Å². The van der Waals surface area contributed by atoms with E-state index in [4.69, 9.17) is 11.6 Å². The van der Waals surface area contributed by atoms with E-state index in [1.165, 1.54) is 0 Å². The monoisotopic (exact) mass is 257 g/mol. The summed E-state index contributed by atoms with van der Waals surface area (Å²) in [6.45, 7) is 1.97. The molecule has 0 aliphatic carbocycles. The Morgan fingerprint density at radius 2 is 2.00 bits per heavy atom. The summed E-state index contributed by atoms with van der Waals surface area (Å²) in [5.41, 5.74) is 3.74. The number of rotatable bonds is 1. The third kappa shape index (κ3) is 1.77. The fourth-order valence-corrected chi connectivity index (χ4v) is 2.39. The summed E-state index contributed by atoms with van der Waals surface area (Å²) in [6, 6.07) is 9.77. The van der Waals surface area contributed by atoms with Crippen molar-refractivity contribution >= 4 is 22.5 Å². The lowest BCUT2D eigenvalue weighted by Gasteiger charge is -2.04. The van der Waals surface area contributed by atoms with Crippen LogP contribution in [0.4, 0.5) is 0 Å². The Bertz CT molecular complexity index is 731. The van der Waals surface area contributed by atoms with Crippen molar-refractivity contribution in [1.82, 2.24) is 14.8 Å². The molecule has 2 aromatic heterocycles. The van der Waals surface area contributed by atoms with Gasteiger partial charge in [0.1, 0.15) is 0 Å². The summed E-state index contributed by atoms with van der Waals surface area (Å²) < 4.78 is 1.79. The van der Waals surface area contributed by atoms with Crippen molar-refractivity contribution in [1.29, 1.82) is 0 Å². The van der Waals surface area contributed by atoms with Gasteiger partial charge in [0.15, 0.2) is 0 Å². The molecule has 0 unspecified atom stereocenters. The minimum atomic E-state index is 0.721. The van der Waals surface area contributed by atoms with Crippen LogP contribution in [0.2, 0.25) is 5.02 Å². The molecule has 4 heteroatoms. The van der Waals surface area contributed by atoms with Crippen molar-refractivity contribution in [3.05, 3.63) is 47.2 Å². The zero-order chi connectivity index (χ0) is 12.7. The van der Waals surface area contributed by atoms with E-state index in [1.807, 2.05) is 50.5 Å². The van der Waals surface area contributed by atoms with Crippen LogP contribution in [0.3, 0.4) is 0 Å². The number of aryl methyl sites for hydroxylation is 2. The molecule has 0 N–H and O–H groups in total. The third-order valence-electron chi connectivity index (χ3n) is 2.96. The van der Waals surface area contributed by atoms with Gasteiger partial charge in [0.05, 0.1) is 21.9 Å². The van der Waals surface area contributed by atoms with E-state index in [2.05, 4.69) is 10.1 Å². The number of benzene rings is 1. The highest BCUT2D eigenvalue weighted by Crippen LogP contribution is 2.28. The van der Waals surface area contributed by atoms with Crippen LogP contribution in [0, 0.1) is 6.92 Å². The van der Waals surface area contributed by atoms with Gasteiger partial charge in [-0.25, -0.2) is 4.98 Å². The summed E-state index contributed by atoms with van der Waals surface area (Å²) in [5, 5.41) is 6.03. The molecule has 0 fully saturated rings. The molecule has 0 spiro atoms. The highest BCUT2D eigenvalue weighted by Gasteiger charge is 2.10. The fraction of sp³-hybridized carbons (Fsp3) is 0.143. The van der Waals surface area contributed by atoms with Crippen LogP contribution < -0.4 is 0 Å². The molecule has 0 amide bonds. The predicted molar refractivity (Wildman–Crippen MR) is 73.7 cm³/mol. The number of aromatic nitrogens is 3. The van der Waals surface area contributed by atoms with Gasteiger partial charge >= 0.3 is 0 Å². The second-order valence-corrected chi connectivity index (χ2v) is 4.72. The molecule has 0 radical (unpaired) electrons. The molecular formula is C14H12ClN3. The number of hydrogen-bond acceptors (Lipinski definition) is 2. The SMILES string of the molecule is Cc1nn(C)cc1-c1cc(Cl)c2ccccc2n1. The van der Waals surface area contributed by atoms with Crippen LogP contribution in [0.25, 0.3) is 22.2 Å². The number of halogens is 1. The molecule has 3 rings (SSSR count). The van der Waals surface area contributed by atoms with Crippen molar-refractivity contribution in [2.75, 3.05) is 0 Å². The average molecular weight is 258 g/mol. The number of fused-ring (bicyclic) bond motifs is 1. The maximum Gasteiger partial charge on any atom is 0.0758 e. The van der Waals surface area contributed by atoms with Crippen molar-refractivity contribution in [2.24, 2.45) is 7.05 Å². The molecule has 0 saturated carbocycles. The summed E-state index contributed by atoms with van der Waals surface area (Å²) in [5.74, 6) is 0. The molecule has 0 atom stereocenters. The Labute approximate surface area is 110 Å². The van der Waals surface area contributed by atoms with Gasteiger partial charge in [0.2, 0.25) is 0 Å². The van der Waals surface area contributed by atoms with Gasteiger partial charge in [-0.05, 0) is 19.1 Å². The Hall–Kier alpha value is -1.87. The molecule has 90 valence electrons. The minimum absolute atomic E-state index is 0.721. The van der Waals surface area contributed by atoms with Crippen molar-refractivity contribution < 1.29 is 0 Å². The van der Waals surface area contributed by atoms with Gasteiger partial charge in [0, 0.05) is 24.2 Å². The van der Waals surface area contributed by atoms with Crippen LogP contribution in [-0.2, 0) is 7.05 Å². The molecule has 0 bridgehead atoms. The molecule has 3 nitrogen and oxygen atoms in total. The Balaban J connectivity index is 2.27. The Morgan fingerprint density at radius 3 is 2.72 bits per heavy atom. The second-order valence-electron chi connectivity index (χ2n) is 4.31. The molecular weight excluding hydrogens is 246 g/mol. The maximum atomic E-state index is 6.30. The van der Waals surface area contributed by atoms with Crippen LogP contribution in [0.5, 0.6) is 0 Å². The zero-order valence-electron chi connectivity index (χ0n) is 10.2. The minimum Gasteiger partial charge on any atom is -0.275 e. The molecule has 18 heavy (non-hydrogen) atoms. The zero-order valence-corrected chi connectivity index (χ0v) is 10.9. The Kier molecular flexibility index (Phi) is 2.56. The van der Waals surface area contributed by atoms with Crippen LogP contribution >= 0.6 is 11.6 Å². The topological polar surface area (TPSA) is 30.7 Å². The van der Waals surface area contributed by atoms with Gasteiger partial charge < -0.3 is 0 Å². The number of para-hydroxylation sites is 1. The lowest BCUT2D eigenvalue weighted by molar-refractivity contribution is 0.756. The van der Waals surface area contributed by atoms with Gasteiger partial charge in [0.25, 0.3) is 0 Å². The first kappa shape index (κ1) is 11.2. The molecule has 0 aliphatic heterocycles. The number of nitrogens with zero attached hydrogens (tertiary/aromatic N) is 3. The Morgan fingerprint density at radius 1 is 1.22 bits per heavy atom. The van der Waals surface area contributed by atoms with Gasteiger partial charge in [-0.15, -0.1) is 0 Å².